The van der Waals surface area contributed by atoms with Crippen LogP contribution in [0.2, 0.25) is 52.4 Å². The summed E-state index contributed by atoms with van der Waals surface area (Å²) in [6.07, 6.45) is 0. The second-order valence-corrected chi connectivity index (χ2v) is 30.8. The first kappa shape index (κ1) is 38.7. The van der Waals surface area contributed by atoms with Gasteiger partial charge < -0.3 is 0 Å². The summed E-state index contributed by atoms with van der Waals surface area (Å²) in [6.45, 7) is 25.2. The van der Waals surface area contributed by atoms with Crippen LogP contribution in [0.3, 0.4) is 0 Å². The summed E-state index contributed by atoms with van der Waals surface area (Å²) in [4.78, 5) is 0. The van der Waals surface area contributed by atoms with Crippen molar-refractivity contribution in [2.45, 2.75) is 73.1 Å². The van der Waals surface area contributed by atoms with Gasteiger partial charge in [-0.2, -0.15) is 0 Å². The summed E-state index contributed by atoms with van der Waals surface area (Å²) in [7, 11) is -3.55. The summed E-state index contributed by atoms with van der Waals surface area (Å²) in [5, 5.41) is 8.58. The molecule has 250 valence electrons. The third-order valence-electron chi connectivity index (χ3n) is 8.12. The lowest BCUT2D eigenvalue weighted by atomic mass is 10.1. The molecule has 0 N–H and O–H groups in total. The molecular weight excluding hydrogens is 625 g/mol. The van der Waals surface area contributed by atoms with Crippen LogP contribution < -0.4 is 20.7 Å². The molecule has 0 bridgehead atoms. The summed E-state index contributed by atoms with van der Waals surface area (Å²) < 4.78 is 0. The van der Waals surface area contributed by atoms with E-state index in [1.165, 1.54) is 43.0 Å². The molecule has 0 radical (unpaired) electrons. The fourth-order valence-electron chi connectivity index (χ4n) is 5.35. The van der Waals surface area contributed by atoms with E-state index in [-0.39, 0.29) is 0 Å². The number of hydrogen-bond acceptors (Lipinski definition) is 0. The van der Waals surface area contributed by atoms with Crippen LogP contribution >= 0.6 is 0 Å². The van der Waals surface area contributed by atoms with Crippen molar-refractivity contribution >= 4 is 55.7 Å². The normalized spacial score (nSPS) is 11.2. The molecular formula is C45H58Si3. The first-order chi connectivity index (χ1) is 22.6. The predicted octanol–water partition coefficient (Wildman–Crippen LogP) is 10.7. The maximum atomic E-state index is 2.44. The molecule has 0 amide bonds. The average molecular weight is 683 g/mol. The number of aryl methyl sites for hydroxylation is 3. The van der Waals surface area contributed by atoms with Crippen LogP contribution in [0.15, 0.2) is 152 Å². The number of fused-ring (bicyclic) bond motifs is 1. The van der Waals surface area contributed by atoms with E-state index in [1.54, 1.807) is 5.19 Å². The van der Waals surface area contributed by atoms with Gasteiger partial charge in [-0.1, -0.05) is 226 Å². The van der Waals surface area contributed by atoms with E-state index >= 15 is 0 Å². The van der Waals surface area contributed by atoms with Crippen LogP contribution in [0.4, 0.5) is 0 Å². The predicted molar refractivity (Wildman–Crippen MR) is 227 cm³/mol. The Kier molecular flexibility index (Phi) is 14.2. The smallest absolute Gasteiger partial charge is 0.0697 e. The van der Waals surface area contributed by atoms with Crippen LogP contribution in [0.5, 0.6) is 0 Å². The second-order valence-electron chi connectivity index (χ2n) is 15.7. The van der Waals surface area contributed by atoms with Crippen LogP contribution in [-0.4, -0.2) is 24.2 Å². The molecule has 0 aliphatic carbocycles. The second kappa shape index (κ2) is 17.6. The summed E-state index contributed by atoms with van der Waals surface area (Å²) in [5.41, 5.74) is 4.00. The van der Waals surface area contributed by atoms with Crippen LogP contribution in [0.25, 0.3) is 10.8 Å². The van der Waals surface area contributed by atoms with Crippen molar-refractivity contribution in [1.82, 2.24) is 0 Å². The molecule has 0 saturated carbocycles. The zero-order valence-electron chi connectivity index (χ0n) is 31.4. The molecule has 0 aliphatic rings. The lowest BCUT2D eigenvalue weighted by Crippen LogP contribution is -2.64. The Morgan fingerprint density at radius 3 is 0.896 bits per heavy atom. The Balaban J connectivity index is 0.000000192. The summed E-state index contributed by atoms with van der Waals surface area (Å²) in [6, 6.07) is 54.8. The molecule has 0 aliphatic heterocycles. The van der Waals surface area contributed by atoms with Crippen molar-refractivity contribution in [2.24, 2.45) is 0 Å². The number of hydrogen-bond donors (Lipinski definition) is 0. The van der Waals surface area contributed by atoms with Crippen LogP contribution in [0, 0.1) is 20.8 Å². The van der Waals surface area contributed by atoms with E-state index in [4.69, 9.17) is 0 Å². The van der Waals surface area contributed by atoms with Gasteiger partial charge in [0.15, 0.2) is 0 Å². The Morgan fingerprint density at radius 1 is 0.312 bits per heavy atom. The zero-order chi connectivity index (χ0) is 35.4. The molecule has 6 rings (SSSR count). The molecule has 0 nitrogen and oxygen atoms in total. The highest BCUT2D eigenvalue weighted by atomic mass is 28.3. The van der Waals surface area contributed by atoms with Gasteiger partial charge in [0.2, 0.25) is 0 Å². The van der Waals surface area contributed by atoms with E-state index in [0.29, 0.717) is 0 Å². The fraction of sp³-hybridized carbons (Fsp3) is 0.244. The third-order valence-corrected chi connectivity index (χ3v) is 14.7. The van der Waals surface area contributed by atoms with Crippen molar-refractivity contribution in [3.8, 4) is 0 Å². The Bertz CT molecular complexity index is 1650. The minimum atomic E-state index is -1.88. The molecule has 0 spiro atoms. The minimum Gasteiger partial charge on any atom is -0.0697 e. The van der Waals surface area contributed by atoms with Crippen molar-refractivity contribution < 1.29 is 0 Å². The third kappa shape index (κ3) is 12.4. The molecule has 0 fully saturated rings. The highest BCUT2D eigenvalue weighted by Crippen LogP contribution is 2.17. The molecule has 6 aromatic rings. The Morgan fingerprint density at radius 2 is 0.604 bits per heavy atom. The standard InChI is InChI=1S/C19H18Si.C12H12.C10H16Si.C4H12Si/c1-20(17-11-5-2-6-12-17,18-13-7-3-8-14-18)19-15-9-4-10-16-19;1-9-3-5-12-8-10(2)4-6-11(12)7-9;1-9-5-7-10(8-6-9)11(2,3)4;1-5(2,3)4/h2-16H,1H3;3-8H,1-2H3;5-8H,1-4H3;1-4H3. The lowest BCUT2D eigenvalue weighted by Gasteiger charge is -2.29. The van der Waals surface area contributed by atoms with E-state index in [2.05, 4.69) is 225 Å². The first-order valence-electron chi connectivity index (χ1n) is 17.3. The Labute approximate surface area is 296 Å². The largest absolute Gasteiger partial charge is 0.145 e. The number of benzene rings is 6. The SMILES string of the molecule is C[Si](C)(C)C.C[Si](c1ccccc1)(c1ccccc1)c1ccccc1.Cc1ccc([Si](C)(C)C)cc1.Cc1ccc2cc(C)ccc2c1. The zero-order valence-corrected chi connectivity index (χ0v) is 34.4. The topological polar surface area (TPSA) is 0 Å². The molecule has 0 heterocycles. The lowest BCUT2D eigenvalue weighted by molar-refractivity contribution is 1.47. The van der Waals surface area contributed by atoms with Gasteiger partial charge in [-0.15, -0.1) is 0 Å². The van der Waals surface area contributed by atoms with Crippen molar-refractivity contribution in [1.29, 1.82) is 0 Å². The summed E-state index contributed by atoms with van der Waals surface area (Å²) >= 11 is 0. The quantitative estimate of drug-likeness (QED) is 0.128. The highest BCUT2D eigenvalue weighted by Gasteiger charge is 2.33. The molecule has 6 aromatic carbocycles. The van der Waals surface area contributed by atoms with Crippen molar-refractivity contribution in [3.05, 3.63) is 168 Å². The van der Waals surface area contributed by atoms with Gasteiger partial charge in [0, 0.05) is 8.07 Å². The molecule has 0 atom stereocenters. The van der Waals surface area contributed by atoms with Crippen LogP contribution in [-0.2, 0) is 0 Å². The van der Waals surface area contributed by atoms with E-state index in [0.717, 1.165) is 0 Å². The van der Waals surface area contributed by atoms with E-state index < -0.39 is 24.2 Å². The monoisotopic (exact) mass is 682 g/mol. The fourth-order valence-corrected chi connectivity index (χ4v) is 10.1. The Hall–Kier alpha value is -3.77. The molecule has 48 heavy (non-hydrogen) atoms. The van der Waals surface area contributed by atoms with Gasteiger partial charge in [0.1, 0.15) is 8.07 Å². The molecule has 0 unspecified atom stereocenters. The van der Waals surface area contributed by atoms with Gasteiger partial charge in [0.25, 0.3) is 0 Å². The van der Waals surface area contributed by atoms with Gasteiger partial charge in [-0.25, -0.2) is 0 Å². The minimum absolute atomic E-state index is 0.611. The highest BCUT2D eigenvalue weighted by molar-refractivity contribution is 7.10. The van der Waals surface area contributed by atoms with Gasteiger partial charge >= 0.3 is 0 Å². The van der Waals surface area contributed by atoms with Gasteiger partial charge in [0.05, 0.1) is 8.07 Å². The number of rotatable bonds is 4. The molecule has 0 aromatic heterocycles. The van der Waals surface area contributed by atoms with Crippen molar-refractivity contribution in [3.63, 3.8) is 0 Å². The van der Waals surface area contributed by atoms with Crippen LogP contribution in [0.1, 0.15) is 16.7 Å². The first-order valence-corrected chi connectivity index (χ1v) is 27.3. The van der Waals surface area contributed by atoms with E-state index in [1.807, 2.05) is 0 Å². The molecule has 3 heteroatoms. The van der Waals surface area contributed by atoms with Gasteiger partial charge in [-0.05, 0) is 47.1 Å². The maximum Gasteiger partial charge on any atom is 0.145 e. The average Bonchev–Trinajstić information content (AvgIpc) is 3.05. The van der Waals surface area contributed by atoms with Gasteiger partial charge in [-0.3, -0.25) is 0 Å². The molecule has 0 saturated heterocycles. The maximum absolute atomic E-state index is 2.44. The van der Waals surface area contributed by atoms with Crippen molar-refractivity contribution in [2.75, 3.05) is 0 Å². The summed E-state index contributed by atoms with van der Waals surface area (Å²) in [5.74, 6) is 0. The van der Waals surface area contributed by atoms with E-state index in [9.17, 15) is 0 Å².